The lowest BCUT2D eigenvalue weighted by atomic mass is 9.45. The Morgan fingerprint density at radius 1 is 0.545 bits per heavy atom. The van der Waals surface area contributed by atoms with Crippen LogP contribution in [0.1, 0.15) is 0 Å². The van der Waals surface area contributed by atoms with E-state index in [9.17, 15) is 0 Å². The van der Waals surface area contributed by atoms with Crippen molar-refractivity contribution in [1.82, 2.24) is 54.5 Å². The van der Waals surface area contributed by atoms with Crippen molar-refractivity contribution >= 4 is 81.3 Å². The molecule has 22 heavy (non-hydrogen) atoms. The Morgan fingerprint density at radius 2 is 1.00 bits per heavy atom. The Balaban J connectivity index is 1.29. The van der Waals surface area contributed by atoms with Crippen molar-refractivity contribution in [1.29, 1.82) is 0 Å². The number of hydrogen-bond donors (Lipinski definition) is 7. The van der Waals surface area contributed by atoms with Crippen LogP contribution < -0.4 is 36.0 Å². The van der Waals surface area contributed by atoms with Crippen LogP contribution in [0.5, 0.6) is 0 Å². The summed E-state index contributed by atoms with van der Waals surface area (Å²) in [6, 6.07) is 0. The predicted molar refractivity (Wildman–Crippen MR) is 92.6 cm³/mol. The standard InChI is InChI=1S/B11H7N11/c1-12-3-19-5-21-7-22-6-20-4-13-2-15-9(20)17-11(22)18-10(21)16-8(19)14-1/h12-18H. The lowest BCUT2D eigenvalue weighted by Gasteiger charge is -2.54. The van der Waals surface area contributed by atoms with Crippen LogP contribution in [0.2, 0.25) is 0 Å². The van der Waals surface area contributed by atoms with E-state index in [1.54, 1.807) is 0 Å². The van der Waals surface area contributed by atoms with Crippen molar-refractivity contribution in [3.63, 3.8) is 0 Å². The van der Waals surface area contributed by atoms with Crippen molar-refractivity contribution in [2.45, 2.75) is 0 Å². The highest BCUT2D eigenvalue weighted by molar-refractivity contribution is 7.01. The minimum atomic E-state index is -0.00275. The molecular formula is H7B11N11. The average molecular weight is 280 g/mol. The smallest absolute Gasteiger partial charge is 0.357 e. The van der Waals surface area contributed by atoms with E-state index in [1.807, 2.05) is 54.6 Å². The van der Waals surface area contributed by atoms with Crippen LogP contribution in [-0.4, -0.2) is 99.8 Å². The zero-order valence-electron chi connectivity index (χ0n) is 11.6. The molecule has 0 aromatic heterocycles. The monoisotopic (exact) mass is 282 g/mol. The molecule has 0 spiro atoms. The third-order valence-electron chi connectivity index (χ3n) is 4.04. The van der Waals surface area contributed by atoms with Gasteiger partial charge in [0.2, 0.25) is 0 Å². The highest BCUT2D eigenvalue weighted by atomic mass is 15.4. The first kappa shape index (κ1) is 14.6. The van der Waals surface area contributed by atoms with E-state index >= 15 is 0 Å². The SMILES string of the molecule is [B]1N[B]N2[B]N3[B]N4[B]N5[B]N[B]NB5NB4NB3NB2N1. The quantitative estimate of drug-likeness (QED) is 0.216. The lowest BCUT2D eigenvalue weighted by Crippen LogP contribution is -2.94. The molecule has 7 radical (unpaired) electrons. The Morgan fingerprint density at radius 3 is 1.55 bits per heavy atom. The molecule has 22 heteroatoms. The van der Waals surface area contributed by atoms with Gasteiger partial charge in [-0.15, -0.1) is 0 Å². The van der Waals surface area contributed by atoms with Gasteiger partial charge in [-0.05, 0) is 0 Å². The second kappa shape index (κ2) is 5.97. The maximum Gasteiger partial charge on any atom is 0.357 e. The topological polar surface area (TPSA) is 97.2 Å². The first-order chi connectivity index (χ1) is 10.9. The van der Waals surface area contributed by atoms with Gasteiger partial charge in [0.1, 0.15) is 0 Å². The van der Waals surface area contributed by atoms with E-state index in [0.29, 0.717) is 0 Å². The Kier molecular flexibility index (Phi) is 3.96. The van der Waals surface area contributed by atoms with Crippen LogP contribution >= 0.6 is 0 Å². The van der Waals surface area contributed by atoms with Crippen molar-refractivity contribution < 1.29 is 0 Å². The Hall–Kier alpha value is 0.274. The van der Waals surface area contributed by atoms with E-state index in [1.165, 1.54) is 0 Å². The van der Waals surface area contributed by atoms with E-state index in [4.69, 9.17) is 0 Å². The molecule has 0 aliphatic carbocycles. The van der Waals surface area contributed by atoms with Gasteiger partial charge in [-0.2, -0.15) is 0 Å². The van der Waals surface area contributed by atoms with Crippen molar-refractivity contribution in [2.24, 2.45) is 0 Å². The fourth-order valence-electron chi connectivity index (χ4n) is 2.97. The first-order valence-corrected chi connectivity index (χ1v) is 7.14. The third-order valence-corrected chi connectivity index (χ3v) is 4.04. The summed E-state index contributed by atoms with van der Waals surface area (Å²) < 4.78 is 8.21. The summed E-state index contributed by atoms with van der Waals surface area (Å²) in [6.07, 6.45) is 0. The van der Waals surface area contributed by atoms with Gasteiger partial charge in [-0.3, -0.25) is 0 Å². The average Bonchev–Trinajstić information content (AvgIpc) is 2.56. The van der Waals surface area contributed by atoms with Crippen molar-refractivity contribution in [2.75, 3.05) is 0 Å². The second-order valence-corrected chi connectivity index (χ2v) is 5.46. The summed E-state index contributed by atoms with van der Waals surface area (Å²) in [4.78, 5) is 0. The second-order valence-electron chi connectivity index (χ2n) is 5.46. The molecule has 5 rings (SSSR count). The number of nitrogens with zero attached hydrogens (tertiary/aromatic N) is 4. The molecular weight excluding hydrogens is 273 g/mol. The molecule has 0 bridgehead atoms. The first-order valence-electron chi connectivity index (χ1n) is 7.14. The van der Waals surface area contributed by atoms with E-state index < -0.39 is 0 Å². The molecule has 5 aliphatic heterocycles. The highest BCUT2D eigenvalue weighted by Crippen LogP contribution is 2.09. The van der Waals surface area contributed by atoms with Gasteiger partial charge in [0.25, 0.3) is 52.8 Å². The summed E-state index contributed by atoms with van der Waals surface area (Å²) in [7, 11) is 13.6. The number of fused-ring (bicyclic) bond motifs is 4. The molecule has 5 heterocycles. The number of hydrogen-bond acceptors (Lipinski definition) is 11. The molecule has 0 saturated carbocycles. The Labute approximate surface area is 136 Å². The van der Waals surface area contributed by atoms with Crippen LogP contribution in [0, 0.1) is 0 Å². The fourth-order valence-corrected chi connectivity index (χ4v) is 2.97. The molecule has 0 aromatic carbocycles. The summed E-state index contributed by atoms with van der Waals surface area (Å²) in [5.41, 5.74) is 0. The molecule has 5 fully saturated rings. The predicted octanol–water partition coefficient (Wildman–Crippen LogP) is -8.93. The summed E-state index contributed by atoms with van der Waals surface area (Å²) in [5, 5.41) is 23.0. The zero-order chi connectivity index (χ0) is 14.5. The molecule has 0 aromatic rings. The van der Waals surface area contributed by atoms with Gasteiger partial charge >= 0.3 is 28.5 Å². The minimum Gasteiger partial charge on any atom is -0.381 e. The molecule has 95 valence electrons. The molecule has 5 aliphatic rings. The van der Waals surface area contributed by atoms with Gasteiger partial charge < -0.3 is 54.5 Å². The third kappa shape index (κ3) is 2.56. The molecule has 7 N–H and O–H groups in total. The largest absolute Gasteiger partial charge is 0.381 e. The van der Waals surface area contributed by atoms with Gasteiger partial charge in [0.15, 0.2) is 0 Å². The Bertz CT molecular complexity index is 347. The maximum atomic E-state index is 3.53. The molecule has 0 atom stereocenters. The van der Waals surface area contributed by atoms with Gasteiger partial charge in [-0.1, -0.05) is 0 Å². The van der Waals surface area contributed by atoms with Crippen molar-refractivity contribution in [3.05, 3.63) is 0 Å². The van der Waals surface area contributed by atoms with E-state index in [2.05, 4.69) is 52.8 Å². The molecule has 5 saturated heterocycles. The van der Waals surface area contributed by atoms with E-state index in [0.717, 1.165) is 0 Å². The minimum absolute atomic E-state index is 0.00275. The fraction of sp³-hybridized carbons (Fsp3) is 0. The van der Waals surface area contributed by atoms with Crippen LogP contribution in [0.3, 0.4) is 0 Å². The van der Waals surface area contributed by atoms with Gasteiger partial charge in [0, 0.05) is 0 Å². The number of rotatable bonds is 0. The van der Waals surface area contributed by atoms with Gasteiger partial charge in [-0.25, -0.2) is 0 Å². The van der Waals surface area contributed by atoms with Crippen LogP contribution in [0.25, 0.3) is 0 Å². The van der Waals surface area contributed by atoms with Crippen LogP contribution in [0.15, 0.2) is 0 Å². The van der Waals surface area contributed by atoms with E-state index in [-0.39, 0.29) is 28.5 Å². The lowest BCUT2D eigenvalue weighted by molar-refractivity contribution is 0.711. The van der Waals surface area contributed by atoms with Crippen molar-refractivity contribution in [3.8, 4) is 0 Å². The summed E-state index contributed by atoms with van der Waals surface area (Å²) in [6.45, 7) is 0. The van der Waals surface area contributed by atoms with Crippen LogP contribution in [-0.2, 0) is 0 Å². The van der Waals surface area contributed by atoms with Crippen LogP contribution in [0.4, 0.5) is 0 Å². The molecule has 11 nitrogen and oxygen atoms in total. The van der Waals surface area contributed by atoms with Gasteiger partial charge in [0.05, 0.1) is 0 Å². The summed E-state index contributed by atoms with van der Waals surface area (Å²) >= 11 is 0. The molecule has 0 unspecified atom stereocenters. The normalized spacial score (nSPS) is 29.1. The summed E-state index contributed by atoms with van der Waals surface area (Å²) in [5.74, 6) is 0. The maximum absolute atomic E-state index is 3.53. The zero-order valence-corrected chi connectivity index (χ0v) is 11.6. The molecule has 0 amide bonds. The number of nitrogens with one attached hydrogen (secondary N) is 7. The highest BCUT2D eigenvalue weighted by Gasteiger charge is 2.51.